The molecule has 1 atom stereocenters. The van der Waals surface area contributed by atoms with E-state index in [0.29, 0.717) is 19.0 Å². The third-order valence-electron chi connectivity index (χ3n) is 2.66. The van der Waals surface area contributed by atoms with Crippen LogP contribution in [-0.4, -0.2) is 39.2 Å². The number of aliphatic hydroxyl groups excluding tert-OH is 1. The molecule has 0 aliphatic carbocycles. The number of nitrogens with two attached hydrogens (primary N) is 1. The van der Waals surface area contributed by atoms with Crippen LogP contribution in [0.15, 0.2) is 6.20 Å². The van der Waals surface area contributed by atoms with Crippen LogP contribution in [0, 0.1) is 10.1 Å². The summed E-state index contributed by atoms with van der Waals surface area (Å²) < 4.78 is 0. The lowest BCUT2D eigenvalue weighted by atomic mass is 10.1. The van der Waals surface area contributed by atoms with Gasteiger partial charge in [0.25, 0.3) is 0 Å². The SMILES string of the molecule is Nc1nc(N2CCCC(O)C2)ncc1[N+](=O)[O-]. The predicted octanol–water partition coefficient (Wildman–Crippen LogP) is -0.0719. The van der Waals surface area contributed by atoms with Gasteiger partial charge in [-0.3, -0.25) is 10.1 Å². The van der Waals surface area contributed by atoms with E-state index in [9.17, 15) is 15.2 Å². The summed E-state index contributed by atoms with van der Waals surface area (Å²) in [6, 6.07) is 0. The van der Waals surface area contributed by atoms with E-state index in [1.54, 1.807) is 4.90 Å². The van der Waals surface area contributed by atoms with Gasteiger partial charge in [0.1, 0.15) is 6.20 Å². The zero-order chi connectivity index (χ0) is 12.4. The van der Waals surface area contributed by atoms with Crippen LogP contribution in [0.3, 0.4) is 0 Å². The maximum absolute atomic E-state index is 10.6. The van der Waals surface area contributed by atoms with Crippen molar-refractivity contribution in [3.63, 3.8) is 0 Å². The Bertz CT molecular complexity index is 439. The van der Waals surface area contributed by atoms with Crippen LogP contribution in [0.5, 0.6) is 0 Å². The number of nitrogen functional groups attached to an aromatic ring is 1. The molecular formula is C9H13N5O3. The van der Waals surface area contributed by atoms with Crippen LogP contribution < -0.4 is 10.6 Å². The molecule has 0 spiro atoms. The van der Waals surface area contributed by atoms with Gasteiger partial charge < -0.3 is 15.7 Å². The number of piperidine rings is 1. The molecule has 1 fully saturated rings. The van der Waals surface area contributed by atoms with Crippen molar-refractivity contribution in [3.05, 3.63) is 16.3 Å². The second-order valence-corrected chi connectivity index (χ2v) is 3.94. The molecule has 0 aromatic carbocycles. The molecule has 1 unspecified atom stereocenters. The molecule has 3 N–H and O–H groups in total. The molecule has 2 rings (SSSR count). The van der Waals surface area contributed by atoms with Gasteiger partial charge in [0, 0.05) is 13.1 Å². The highest BCUT2D eigenvalue weighted by atomic mass is 16.6. The fourth-order valence-electron chi connectivity index (χ4n) is 1.81. The first-order valence-electron chi connectivity index (χ1n) is 5.28. The molecule has 0 radical (unpaired) electrons. The average Bonchev–Trinajstić information content (AvgIpc) is 2.28. The molecule has 92 valence electrons. The van der Waals surface area contributed by atoms with Gasteiger partial charge in [-0.15, -0.1) is 0 Å². The summed E-state index contributed by atoms with van der Waals surface area (Å²) in [7, 11) is 0. The monoisotopic (exact) mass is 239 g/mol. The molecule has 8 nitrogen and oxygen atoms in total. The summed E-state index contributed by atoms with van der Waals surface area (Å²) in [5.41, 5.74) is 5.18. The Morgan fingerprint density at radius 1 is 1.65 bits per heavy atom. The highest BCUT2D eigenvalue weighted by Gasteiger charge is 2.22. The molecule has 17 heavy (non-hydrogen) atoms. The van der Waals surface area contributed by atoms with Crippen LogP contribution in [0.4, 0.5) is 17.5 Å². The largest absolute Gasteiger partial charge is 0.391 e. The van der Waals surface area contributed by atoms with E-state index in [-0.39, 0.29) is 11.5 Å². The fraction of sp³-hybridized carbons (Fsp3) is 0.556. The Morgan fingerprint density at radius 2 is 2.41 bits per heavy atom. The van der Waals surface area contributed by atoms with E-state index in [1.165, 1.54) is 0 Å². The number of anilines is 2. The van der Waals surface area contributed by atoms with E-state index >= 15 is 0 Å². The number of nitrogens with zero attached hydrogens (tertiary/aromatic N) is 4. The van der Waals surface area contributed by atoms with E-state index < -0.39 is 11.0 Å². The quantitative estimate of drug-likeness (QED) is 0.547. The Balaban J connectivity index is 2.22. The van der Waals surface area contributed by atoms with Crippen LogP contribution >= 0.6 is 0 Å². The molecule has 1 aromatic heterocycles. The van der Waals surface area contributed by atoms with E-state index in [1.807, 2.05) is 0 Å². The number of β-amino-alcohol motifs (C(OH)–C–C–N with tert-alkyl or cyclic N) is 1. The smallest absolute Gasteiger partial charge is 0.329 e. The molecule has 0 bridgehead atoms. The van der Waals surface area contributed by atoms with Gasteiger partial charge in [0.15, 0.2) is 0 Å². The van der Waals surface area contributed by atoms with Crippen LogP contribution in [0.1, 0.15) is 12.8 Å². The number of aromatic nitrogens is 2. The fourth-order valence-corrected chi connectivity index (χ4v) is 1.81. The molecular weight excluding hydrogens is 226 g/mol. The van der Waals surface area contributed by atoms with Crippen LogP contribution in [-0.2, 0) is 0 Å². The Labute approximate surface area is 97.2 Å². The first kappa shape index (κ1) is 11.5. The maximum atomic E-state index is 10.6. The Kier molecular flexibility index (Phi) is 3.05. The molecule has 8 heteroatoms. The molecule has 1 aliphatic heterocycles. The average molecular weight is 239 g/mol. The number of aliphatic hydroxyl groups is 1. The third-order valence-corrected chi connectivity index (χ3v) is 2.66. The lowest BCUT2D eigenvalue weighted by Gasteiger charge is -2.29. The summed E-state index contributed by atoms with van der Waals surface area (Å²) in [5.74, 6) is 0.173. The third kappa shape index (κ3) is 2.41. The highest BCUT2D eigenvalue weighted by Crippen LogP contribution is 2.22. The summed E-state index contributed by atoms with van der Waals surface area (Å²) in [6.45, 7) is 1.14. The first-order valence-corrected chi connectivity index (χ1v) is 5.28. The van der Waals surface area contributed by atoms with Crippen LogP contribution in [0.25, 0.3) is 0 Å². The van der Waals surface area contributed by atoms with Crippen molar-refractivity contribution in [2.24, 2.45) is 0 Å². The highest BCUT2D eigenvalue weighted by molar-refractivity contribution is 5.53. The van der Waals surface area contributed by atoms with Gasteiger partial charge >= 0.3 is 5.69 Å². The standard InChI is InChI=1S/C9H13N5O3/c10-8-7(14(16)17)4-11-9(12-8)13-3-1-2-6(15)5-13/h4,6,15H,1-3,5H2,(H2,10,11,12). The lowest BCUT2D eigenvalue weighted by Crippen LogP contribution is -2.39. The van der Waals surface area contributed by atoms with Crippen molar-refractivity contribution >= 4 is 17.5 Å². The molecule has 1 saturated heterocycles. The summed E-state index contributed by atoms with van der Waals surface area (Å²) in [4.78, 5) is 19.5. The second-order valence-electron chi connectivity index (χ2n) is 3.94. The van der Waals surface area contributed by atoms with Crippen molar-refractivity contribution < 1.29 is 10.0 Å². The summed E-state index contributed by atoms with van der Waals surface area (Å²) in [5, 5.41) is 20.1. The van der Waals surface area contributed by atoms with Gasteiger partial charge in [-0.1, -0.05) is 0 Å². The Hall–Kier alpha value is -1.96. The zero-order valence-electron chi connectivity index (χ0n) is 9.11. The number of hydrogen-bond donors (Lipinski definition) is 2. The van der Waals surface area contributed by atoms with Gasteiger partial charge in [0.05, 0.1) is 11.0 Å². The first-order chi connectivity index (χ1) is 8.08. The molecule has 0 amide bonds. The van der Waals surface area contributed by atoms with E-state index in [4.69, 9.17) is 5.73 Å². The van der Waals surface area contributed by atoms with Crippen molar-refractivity contribution in [2.45, 2.75) is 18.9 Å². The Morgan fingerprint density at radius 3 is 3.00 bits per heavy atom. The minimum Gasteiger partial charge on any atom is -0.391 e. The topological polar surface area (TPSA) is 118 Å². The van der Waals surface area contributed by atoms with Gasteiger partial charge in [-0.25, -0.2) is 4.98 Å². The lowest BCUT2D eigenvalue weighted by molar-refractivity contribution is -0.384. The van der Waals surface area contributed by atoms with Crippen molar-refractivity contribution in [1.29, 1.82) is 0 Å². The predicted molar refractivity (Wildman–Crippen MR) is 60.6 cm³/mol. The maximum Gasteiger partial charge on any atom is 0.329 e. The van der Waals surface area contributed by atoms with Crippen LogP contribution in [0.2, 0.25) is 0 Å². The molecule has 0 saturated carbocycles. The zero-order valence-corrected chi connectivity index (χ0v) is 9.11. The summed E-state index contributed by atoms with van der Waals surface area (Å²) in [6.07, 6.45) is 2.27. The van der Waals surface area contributed by atoms with Crippen molar-refractivity contribution in [2.75, 3.05) is 23.7 Å². The summed E-state index contributed by atoms with van der Waals surface area (Å²) >= 11 is 0. The van der Waals surface area contributed by atoms with E-state index in [2.05, 4.69) is 9.97 Å². The number of nitro groups is 1. The van der Waals surface area contributed by atoms with Crippen molar-refractivity contribution in [3.8, 4) is 0 Å². The van der Waals surface area contributed by atoms with Gasteiger partial charge in [0.2, 0.25) is 11.8 Å². The minimum absolute atomic E-state index is 0.153. The molecule has 1 aliphatic rings. The number of hydrogen-bond acceptors (Lipinski definition) is 7. The van der Waals surface area contributed by atoms with Gasteiger partial charge in [-0.05, 0) is 12.8 Å². The molecule has 2 heterocycles. The second kappa shape index (κ2) is 4.50. The minimum atomic E-state index is -0.621. The normalized spacial score (nSPS) is 20.3. The molecule has 1 aromatic rings. The van der Waals surface area contributed by atoms with Crippen molar-refractivity contribution in [1.82, 2.24) is 9.97 Å². The number of rotatable bonds is 2. The van der Waals surface area contributed by atoms with E-state index in [0.717, 1.165) is 19.0 Å². The van der Waals surface area contributed by atoms with Gasteiger partial charge in [-0.2, -0.15) is 4.98 Å².